The summed E-state index contributed by atoms with van der Waals surface area (Å²) in [5, 5.41) is 8.93. The average Bonchev–Trinajstić information content (AvgIpc) is 3.07. The molecule has 0 atom stereocenters. The predicted octanol–water partition coefficient (Wildman–Crippen LogP) is 3.68. The number of rotatable bonds is 11. The van der Waals surface area contributed by atoms with Gasteiger partial charge in [-0.2, -0.15) is 46.7 Å². The van der Waals surface area contributed by atoms with Crippen LogP contribution in [0.4, 0.5) is 46.8 Å². The van der Waals surface area contributed by atoms with Gasteiger partial charge in [0.15, 0.2) is 0 Å². The third kappa shape index (κ3) is 9.06. The summed E-state index contributed by atoms with van der Waals surface area (Å²) in [4.78, 5) is 26.4. The quantitative estimate of drug-likeness (QED) is 0.0835. The second-order valence-corrected chi connectivity index (χ2v) is 13.8. The topological polar surface area (TPSA) is 261 Å². The fourth-order valence-electron chi connectivity index (χ4n) is 4.97. The summed E-state index contributed by atoms with van der Waals surface area (Å²) in [6.07, 6.45) is 2.55. The highest BCUT2D eigenvalue weighted by atomic mass is 32.2. The molecule has 0 saturated carbocycles. The molecule has 2 aromatic heterocycles. The number of nitrogens with one attached hydrogen (secondary N) is 3. The minimum Gasteiger partial charge on any atom is -0.378 e. The second-order valence-electron chi connectivity index (χ2n) is 11.0. The van der Waals surface area contributed by atoms with Crippen molar-refractivity contribution >= 4 is 79.2 Å². The largest absolute Gasteiger partial charge is 0.378 e. The van der Waals surface area contributed by atoms with E-state index in [4.69, 9.17) is 10.5 Å². The number of aryl methyl sites for hydroxylation is 1. The van der Waals surface area contributed by atoms with Crippen LogP contribution in [0.1, 0.15) is 17.0 Å². The Morgan fingerprint density at radius 3 is 1.71 bits per heavy atom. The Bertz CT molecular complexity index is 2300. The van der Waals surface area contributed by atoms with Crippen LogP contribution in [-0.2, 0) is 25.0 Å². The van der Waals surface area contributed by atoms with Gasteiger partial charge >= 0.3 is 0 Å². The molecule has 5 aromatic rings. The molecule has 1 aliphatic rings. The number of nitrogen functional groups attached to an aromatic ring is 1. The Morgan fingerprint density at radius 1 is 0.686 bits per heavy atom. The zero-order valence-electron chi connectivity index (χ0n) is 26.8. The van der Waals surface area contributed by atoms with Gasteiger partial charge < -0.3 is 31.3 Å². The van der Waals surface area contributed by atoms with Crippen molar-refractivity contribution in [2.75, 3.05) is 52.9 Å². The van der Waals surface area contributed by atoms with Crippen molar-refractivity contribution in [3.05, 3.63) is 83.7 Å². The van der Waals surface area contributed by atoms with Crippen molar-refractivity contribution in [2.24, 2.45) is 0 Å². The van der Waals surface area contributed by atoms with Crippen molar-refractivity contribution in [3.63, 3.8) is 0 Å². The molecule has 1 saturated heterocycles. The number of ether oxygens (including phenoxy) is 1. The van der Waals surface area contributed by atoms with Crippen LogP contribution in [0, 0.1) is 6.92 Å². The number of benzene rings is 3. The van der Waals surface area contributed by atoms with Gasteiger partial charge in [0.05, 0.1) is 13.2 Å². The van der Waals surface area contributed by atoms with Gasteiger partial charge in [0.25, 0.3) is 20.2 Å². The first-order chi connectivity index (χ1) is 24.3. The number of para-hydroxylation sites is 1. The van der Waals surface area contributed by atoms with Crippen LogP contribution in [-0.4, -0.2) is 82.1 Å². The summed E-state index contributed by atoms with van der Waals surface area (Å²) < 4.78 is 75.3. The second kappa shape index (κ2) is 14.6. The first-order valence-corrected chi connectivity index (χ1v) is 18.0. The number of nitrogens with two attached hydrogens (primary N) is 1. The fraction of sp³-hybridized carbons (Fsp3) is 0.161. The summed E-state index contributed by atoms with van der Waals surface area (Å²) in [7, 11) is -9.56. The summed E-state index contributed by atoms with van der Waals surface area (Å²) in [6, 6.07) is 17.4. The maximum atomic E-state index is 12.5. The lowest BCUT2D eigenvalue weighted by Gasteiger charge is -2.27. The summed E-state index contributed by atoms with van der Waals surface area (Å²) in [5.74, 6) is 1.02. The molecule has 0 radical (unpaired) electrons. The van der Waals surface area contributed by atoms with Gasteiger partial charge in [-0.1, -0.05) is 42.5 Å². The van der Waals surface area contributed by atoms with Crippen molar-refractivity contribution in [2.45, 2.75) is 16.7 Å². The molecule has 3 aromatic carbocycles. The lowest BCUT2D eigenvalue weighted by Crippen LogP contribution is -2.37. The van der Waals surface area contributed by atoms with Gasteiger partial charge in [0.1, 0.15) is 15.6 Å². The molecule has 0 bridgehead atoms. The highest BCUT2D eigenvalue weighted by Crippen LogP contribution is 2.28. The Morgan fingerprint density at radius 2 is 1.20 bits per heavy atom. The van der Waals surface area contributed by atoms with Crippen LogP contribution in [0.3, 0.4) is 0 Å². The zero-order valence-corrected chi connectivity index (χ0v) is 28.4. The number of hydrogen-bond acceptors (Lipinski definition) is 16. The number of morpholine rings is 1. The van der Waals surface area contributed by atoms with E-state index >= 15 is 0 Å². The van der Waals surface area contributed by atoms with Crippen LogP contribution in [0.25, 0.3) is 12.2 Å². The van der Waals surface area contributed by atoms with Crippen molar-refractivity contribution in [3.8, 4) is 0 Å². The van der Waals surface area contributed by atoms with Gasteiger partial charge in [-0.3, -0.25) is 9.11 Å². The van der Waals surface area contributed by atoms with Gasteiger partial charge in [0, 0.05) is 30.2 Å². The normalized spacial score (nSPS) is 13.7. The van der Waals surface area contributed by atoms with Crippen molar-refractivity contribution < 1.29 is 30.7 Å². The molecule has 6 rings (SSSR count). The lowest BCUT2D eigenvalue weighted by atomic mass is 10.1. The smallest absolute Gasteiger partial charge is 0.295 e. The number of anilines is 8. The predicted molar refractivity (Wildman–Crippen MR) is 190 cm³/mol. The molecule has 3 heterocycles. The van der Waals surface area contributed by atoms with Crippen LogP contribution < -0.4 is 26.6 Å². The van der Waals surface area contributed by atoms with E-state index in [1.54, 1.807) is 6.92 Å². The fourth-order valence-corrected chi connectivity index (χ4v) is 6.39. The van der Waals surface area contributed by atoms with Crippen molar-refractivity contribution in [1.29, 1.82) is 0 Å². The maximum Gasteiger partial charge on any atom is 0.295 e. The molecule has 0 amide bonds. The van der Waals surface area contributed by atoms with Crippen LogP contribution >= 0.6 is 0 Å². The molecule has 7 N–H and O–H groups in total. The molecular formula is C31H31N11O7S2. The van der Waals surface area contributed by atoms with Gasteiger partial charge in [-0.05, 0) is 54.4 Å². The molecular weight excluding hydrogens is 703 g/mol. The number of hydrogen-bond donors (Lipinski definition) is 6. The standard InChI is InChI=1S/C31H31N11O7S2/c1-19-33-27(32)38-28(34-19)36-23-11-9-20(25(17-23)50(43,44)45)7-8-21-10-12-24(18-26(21)51(46,47)48)37-30-39-29(35-22-5-3-2-4-6-22)40-31(41-30)42-13-15-49-16-14-42/h2-12,17-18H,13-16H2,1H3,(H,43,44,45)(H,46,47,48)(H3,32,33,34,36,38)(H2,35,37,39,40,41). The summed E-state index contributed by atoms with van der Waals surface area (Å²) in [5.41, 5.74) is 6.84. The van der Waals surface area contributed by atoms with Gasteiger partial charge in [-0.15, -0.1) is 0 Å². The Hall–Kier alpha value is -5.80. The van der Waals surface area contributed by atoms with E-state index in [-0.39, 0.29) is 46.3 Å². The molecule has 0 spiro atoms. The van der Waals surface area contributed by atoms with Gasteiger partial charge in [0.2, 0.25) is 29.7 Å². The van der Waals surface area contributed by atoms with E-state index in [1.807, 2.05) is 35.2 Å². The molecule has 0 unspecified atom stereocenters. The molecule has 264 valence electrons. The summed E-state index contributed by atoms with van der Waals surface area (Å²) >= 11 is 0. The highest BCUT2D eigenvalue weighted by Gasteiger charge is 2.20. The SMILES string of the molecule is Cc1nc(N)nc(Nc2ccc(C=Cc3ccc(Nc4nc(Nc5ccccc5)nc(N5CCOCC5)n4)cc3S(=O)(=O)O)c(S(=O)(=O)O)c2)n1. The van der Waals surface area contributed by atoms with E-state index in [2.05, 4.69) is 45.9 Å². The highest BCUT2D eigenvalue weighted by molar-refractivity contribution is 7.86. The first-order valence-electron chi connectivity index (χ1n) is 15.1. The Balaban J connectivity index is 1.30. The van der Waals surface area contributed by atoms with Crippen LogP contribution in [0.5, 0.6) is 0 Å². The molecule has 51 heavy (non-hydrogen) atoms. The third-order valence-electron chi connectivity index (χ3n) is 7.25. The molecule has 0 aliphatic carbocycles. The lowest BCUT2D eigenvalue weighted by molar-refractivity contribution is 0.122. The van der Waals surface area contributed by atoms with Gasteiger partial charge in [-0.25, -0.2) is 0 Å². The minimum absolute atomic E-state index is 0.0113. The number of aromatic nitrogens is 6. The molecule has 1 fully saturated rings. The minimum atomic E-state index is -4.80. The van der Waals surface area contributed by atoms with Crippen LogP contribution in [0.15, 0.2) is 76.5 Å². The maximum absolute atomic E-state index is 12.5. The van der Waals surface area contributed by atoms with E-state index in [0.29, 0.717) is 38.1 Å². The third-order valence-corrected chi connectivity index (χ3v) is 9.07. The molecule has 1 aliphatic heterocycles. The number of nitrogens with zero attached hydrogens (tertiary/aromatic N) is 7. The van der Waals surface area contributed by atoms with E-state index < -0.39 is 30.0 Å². The monoisotopic (exact) mass is 733 g/mol. The van der Waals surface area contributed by atoms with E-state index in [1.165, 1.54) is 42.5 Å². The van der Waals surface area contributed by atoms with Crippen LogP contribution in [0.2, 0.25) is 0 Å². The molecule has 20 heteroatoms. The Kier molecular flexibility index (Phi) is 10.0. The summed E-state index contributed by atoms with van der Waals surface area (Å²) in [6.45, 7) is 3.68. The molecule has 18 nitrogen and oxygen atoms in total. The Labute approximate surface area is 292 Å². The van der Waals surface area contributed by atoms with E-state index in [0.717, 1.165) is 11.8 Å². The zero-order chi connectivity index (χ0) is 36.2. The van der Waals surface area contributed by atoms with Crippen molar-refractivity contribution in [1.82, 2.24) is 29.9 Å². The average molecular weight is 734 g/mol. The first kappa shape index (κ1) is 35.0. The van der Waals surface area contributed by atoms with E-state index in [9.17, 15) is 25.9 Å².